The molecule has 0 aromatic heterocycles. The predicted octanol–water partition coefficient (Wildman–Crippen LogP) is 7.29. The van der Waals surface area contributed by atoms with Gasteiger partial charge in [0.15, 0.2) is 5.72 Å². The van der Waals surface area contributed by atoms with Crippen LogP contribution in [0.3, 0.4) is 0 Å². The molecule has 1 aliphatic heterocycles. The van der Waals surface area contributed by atoms with Crippen LogP contribution >= 0.6 is 0 Å². The van der Waals surface area contributed by atoms with Gasteiger partial charge in [-0.25, -0.2) is 4.79 Å². The maximum Gasteiger partial charge on any atom is 0.412 e. The molecule has 1 aliphatic rings. The average molecular weight is 544 g/mol. The average Bonchev–Trinajstić information content (AvgIpc) is 2.95. The summed E-state index contributed by atoms with van der Waals surface area (Å²) in [6, 6.07) is 30.0. The molecule has 40 heavy (non-hydrogen) atoms. The lowest BCUT2D eigenvalue weighted by atomic mass is 9.88. The Labute approximate surface area is 238 Å². The van der Waals surface area contributed by atoms with E-state index >= 15 is 0 Å². The van der Waals surface area contributed by atoms with Crippen LogP contribution in [0.5, 0.6) is 0 Å². The summed E-state index contributed by atoms with van der Waals surface area (Å²) in [5, 5.41) is 0. The normalized spacial score (nSPS) is 21.1. The summed E-state index contributed by atoms with van der Waals surface area (Å²) in [6.45, 7) is 11.1. The van der Waals surface area contributed by atoms with Crippen LogP contribution in [0.4, 0.5) is 4.79 Å². The Hall–Kier alpha value is -3.45. The van der Waals surface area contributed by atoms with Gasteiger partial charge in [0.1, 0.15) is 11.7 Å². The summed E-state index contributed by atoms with van der Waals surface area (Å²) in [6.07, 6.45) is 1.29. The SMILES string of the molecule is C=CC[C@@]1(OCc2ccccc2)C(OCc2ccccc2)C(OCc2ccccc2)CCN1C(=O)OC(C)(C)C. The van der Waals surface area contributed by atoms with E-state index in [-0.39, 0.29) is 12.7 Å². The molecule has 1 fully saturated rings. The molecule has 3 aromatic carbocycles. The topological polar surface area (TPSA) is 57.2 Å². The Kier molecular flexibility index (Phi) is 10.2. The molecule has 3 aromatic rings. The third-order valence-corrected chi connectivity index (χ3v) is 6.84. The number of amides is 1. The van der Waals surface area contributed by atoms with Gasteiger partial charge in [-0.15, -0.1) is 6.58 Å². The summed E-state index contributed by atoms with van der Waals surface area (Å²) < 4.78 is 25.9. The fourth-order valence-electron chi connectivity index (χ4n) is 4.98. The standard InChI is InChI=1S/C34H41NO5/c1-5-22-34(39-26-29-19-13-8-14-20-29)31(38-25-28-17-11-7-12-18-28)30(37-24-27-15-9-6-10-16-27)21-23-35(34)32(36)40-33(2,3)4/h5-20,30-31H,1,21-26H2,2-4H3/t30?,31?,34-/m1/s1. The lowest BCUT2D eigenvalue weighted by molar-refractivity contribution is -0.274. The molecule has 1 heterocycles. The van der Waals surface area contributed by atoms with Crippen LogP contribution in [-0.2, 0) is 38.8 Å². The maximum atomic E-state index is 13.7. The number of hydrogen-bond donors (Lipinski definition) is 0. The number of rotatable bonds is 11. The second-order valence-electron chi connectivity index (χ2n) is 11.1. The Balaban J connectivity index is 1.71. The Morgan fingerprint density at radius 1 is 0.850 bits per heavy atom. The van der Waals surface area contributed by atoms with Crippen molar-refractivity contribution >= 4 is 6.09 Å². The van der Waals surface area contributed by atoms with Gasteiger partial charge in [0, 0.05) is 13.0 Å². The highest BCUT2D eigenvalue weighted by atomic mass is 16.6. The molecule has 0 radical (unpaired) electrons. The van der Waals surface area contributed by atoms with E-state index in [0.717, 1.165) is 16.7 Å². The van der Waals surface area contributed by atoms with Crippen LogP contribution in [0, 0.1) is 0 Å². The number of carbonyl (C=O) groups excluding carboxylic acids is 1. The zero-order valence-electron chi connectivity index (χ0n) is 23.8. The summed E-state index contributed by atoms with van der Waals surface area (Å²) in [5.74, 6) is 0. The first-order valence-corrected chi connectivity index (χ1v) is 13.9. The number of benzene rings is 3. The predicted molar refractivity (Wildman–Crippen MR) is 156 cm³/mol. The maximum absolute atomic E-state index is 13.7. The molecule has 0 saturated carbocycles. The molecule has 0 bridgehead atoms. The first-order valence-electron chi connectivity index (χ1n) is 13.9. The van der Waals surface area contributed by atoms with Gasteiger partial charge >= 0.3 is 6.09 Å². The highest BCUT2D eigenvalue weighted by Crippen LogP contribution is 2.39. The van der Waals surface area contributed by atoms with Gasteiger partial charge in [-0.1, -0.05) is 97.1 Å². The molecule has 2 unspecified atom stereocenters. The van der Waals surface area contributed by atoms with Crippen molar-refractivity contribution in [1.82, 2.24) is 4.90 Å². The van der Waals surface area contributed by atoms with E-state index in [0.29, 0.717) is 32.6 Å². The number of hydrogen-bond acceptors (Lipinski definition) is 5. The number of likely N-dealkylation sites (tertiary alicyclic amines) is 1. The lowest BCUT2D eigenvalue weighted by Crippen LogP contribution is -2.68. The zero-order valence-corrected chi connectivity index (χ0v) is 23.8. The molecule has 0 spiro atoms. The quantitative estimate of drug-likeness (QED) is 0.238. The van der Waals surface area contributed by atoms with Gasteiger partial charge in [-0.2, -0.15) is 0 Å². The molecule has 0 aliphatic carbocycles. The van der Waals surface area contributed by atoms with Crippen LogP contribution in [0.15, 0.2) is 104 Å². The Morgan fingerprint density at radius 3 is 1.85 bits per heavy atom. The third-order valence-electron chi connectivity index (χ3n) is 6.84. The van der Waals surface area contributed by atoms with Crippen molar-refractivity contribution in [3.8, 4) is 0 Å². The summed E-state index contributed by atoms with van der Waals surface area (Å²) in [7, 11) is 0. The van der Waals surface area contributed by atoms with Crippen LogP contribution in [-0.4, -0.2) is 41.1 Å². The first kappa shape index (κ1) is 29.5. The second kappa shape index (κ2) is 13.8. The van der Waals surface area contributed by atoms with Crippen molar-refractivity contribution in [2.75, 3.05) is 6.54 Å². The van der Waals surface area contributed by atoms with Crippen molar-refractivity contribution in [1.29, 1.82) is 0 Å². The monoisotopic (exact) mass is 543 g/mol. The summed E-state index contributed by atoms with van der Waals surface area (Å²) >= 11 is 0. The van der Waals surface area contributed by atoms with E-state index in [1.165, 1.54) is 0 Å². The van der Waals surface area contributed by atoms with Crippen LogP contribution in [0.2, 0.25) is 0 Å². The minimum atomic E-state index is -1.20. The van der Waals surface area contributed by atoms with Gasteiger partial charge in [0.25, 0.3) is 0 Å². The fourth-order valence-corrected chi connectivity index (χ4v) is 4.98. The van der Waals surface area contributed by atoms with E-state index in [1.54, 1.807) is 11.0 Å². The molecule has 0 N–H and O–H groups in total. The lowest BCUT2D eigenvalue weighted by Gasteiger charge is -2.53. The molecular weight excluding hydrogens is 502 g/mol. The largest absolute Gasteiger partial charge is 0.444 e. The van der Waals surface area contributed by atoms with Crippen LogP contribution in [0.25, 0.3) is 0 Å². The van der Waals surface area contributed by atoms with E-state index in [1.807, 2.05) is 112 Å². The van der Waals surface area contributed by atoms with Gasteiger partial charge in [0.2, 0.25) is 0 Å². The molecule has 3 atom stereocenters. The molecule has 4 rings (SSSR count). The summed E-state index contributed by atoms with van der Waals surface area (Å²) in [4.78, 5) is 15.4. The Morgan fingerprint density at radius 2 is 1.35 bits per heavy atom. The molecule has 6 heteroatoms. The van der Waals surface area contributed by atoms with E-state index in [9.17, 15) is 4.79 Å². The van der Waals surface area contributed by atoms with Gasteiger partial charge in [-0.3, -0.25) is 4.90 Å². The molecule has 212 valence electrons. The molecule has 6 nitrogen and oxygen atoms in total. The molecule has 1 amide bonds. The smallest absolute Gasteiger partial charge is 0.412 e. The number of carbonyl (C=O) groups is 1. The van der Waals surface area contributed by atoms with Crippen molar-refractivity contribution in [2.45, 2.75) is 77.0 Å². The number of piperidine rings is 1. The van der Waals surface area contributed by atoms with Crippen molar-refractivity contribution in [3.05, 3.63) is 120 Å². The van der Waals surface area contributed by atoms with E-state index < -0.39 is 23.5 Å². The minimum Gasteiger partial charge on any atom is -0.444 e. The van der Waals surface area contributed by atoms with Crippen LogP contribution < -0.4 is 0 Å². The third kappa shape index (κ3) is 7.81. The molecule has 1 saturated heterocycles. The highest BCUT2D eigenvalue weighted by Gasteiger charge is 2.55. The van der Waals surface area contributed by atoms with Gasteiger partial charge < -0.3 is 18.9 Å². The van der Waals surface area contributed by atoms with Crippen molar-refractivity contribution in [3.63, 3.8) is 0 Å². The van der Waals surface area contributed by atoms with Crippen molar-refractivity contribution < 1.29 is 23.7 Å². The number of ether oxygens (including phenoxy) is 4. The van der Waals surface area contributed by atoms with E-state index in [2.05, 4.69) is 6.58 Å². The second-order valence-corrected chi connectivity index (χ2v) is 11.1. The van der Waals surface area contributed by atoms with E-state index in [4.69, 9.17) is 18.9 Å². The first-order chi connectivity index (χ1) is 19.3. The molecular formula is C34H41NO5. The van der Waals surface area contributed by atoms with Gasteiger partial charge in [-0.05, 0) is 43.9 Å². The van der Waals surface area contributed by atoms with Gasteiger partial charge in [0.05, 0.1) is 25.9 Å². The minimum absolute atomic E-state index is 0.282. The Bertz CT molecular complexity index is 1200. The summed E-state index contributed by atoms with van der Waals surface area (Å²) in [5.41, 5.74) is 1.21. The highest BCUT2D eigenvalue weighted by molar-refractivity contribution is 5.69. The fraction of sp³-hybridized carbons (Fsp3) is 0.382. The zero-order chi connectivity index (χ0) is 28.4. The van der Waals surface area contributed by atoms with Crippen LogP contribution in [0.1, 0.15) is 50.3 Å². The van der Waals surface area contributed by atoms with Crippen molar-refractivity contribution in [2.24, 2.45) is 0 Å². The number of nitrogens with zero attached hydrogens (tertiary/aromatic N) is 1.